The average Bonchev–Trinajstić information content (AvgIpc) is 2.59. The minimum Gasteiger partial charge on any atom is -0.443 e. The minimum atomic E-state index is -0.758. The summed E-state index contributed by atoms with van der Waals surface area (Å²) in [6.45, 7) is 3.93. The summed E-state index contributed by atoms with van der Waals surface area (Å²) in [5.41, 5.74) is 7.86. The number of hydrogen-bond donors (Lipinski definition) is 2. The van der Waals surface area contributed by atoms with Crippen molar-refractivity contribution in [2.24, 2.45) is 11.7 Å². The van der Waals surface area contributed by atoms with Crippen LogP contribution < -0.4 is 5.73 Å². The number of aliphatic hydroxyl groups is 1. The van der Waals surface area contributed by atoms with Crippen LogP contribution in [0.15, 0.2) is 48.7 Å². The Hall–Kier alpha value is -2.40. The number of carbonyl (C=O) groups is 1. The lowest BCUT2D eigenvalue weighted by atomic mass is 9.81. The third-order valence-electron chi connectivity index (χ3n) is 4.70. The molecular weight excluding hydrogens is 328 g/mol. The van der Waals surface area contributed by atoms with Gasteiger partial charge >= 0.3 is 6.09 Å². The number of rotatable bonds is 9. The molecule has 0 bridgehead atoms. The SMILES string of the molecule is CC(C)(OC(N)=O)C(CCc1ccccn1)Cc1cccc(CCO)c1. The lowest BCUT2D eigenvalue weighted by Crippen LogP contribution is -2.40. The number of nitrogens with zero attached hydrogens (tertiary/aromatic N) is 1. The van der Waals surface area contributed by atoms with Crippen molar-refractivity contribution in [2.75, 3.05) is 6.61 Å². The molecule has 0 saturated carbocycles. The van der Waals surface area contributed by atoms with Crippen LogP contribution in [0.25, 0.3) is 0 Å². The maximum Gasteiger partial charge on any atom is 0.405 e. The predicted molar refractivity (Wildman–Crippen MR) is 102 cm³/mol. The van der Waals surface area contributed by atoms with Gasteiger partial charge in [-0.1, -0.05) is 30.3 Å². The fourth-order valence-corrected chi connectivity index (χ4v) is 3.23. The Kier molecular flexibility index (Phi) is 7.16. The Balaban J connectivity index is 2.16. The van der Waals surface area contributed by atoms with Crippen LogP contribution in [0.3, 0.4) is 0 Å². The number of pyridine rings is 1. The fraction of sp³-hybridized carbons (Fsp3) is 0.429. The van der Waals surface area contributed by atoms with E-state index in [1.807, 2.05) is 44.2 Å². The molecule has 1 aromatic carbocycles. The van der Waals surface area contributed by atoms with E-state index < -0.39 is 11.7 Å². The van der Waals surface area contributed by atoms with Gasteiger partial charge in [0.25, 0.3) is 0 Å². The molecule has 0 fully saturated rings. The molecule has 0 radical (unpaired) electrons. The summed E-state index contributed by atoms with van der Waals surface area (Å²) in [5.74, 6) is 0.0846. The van der Waals surface area contributed by atoms with E-state index >= 15 is 0 Å². The van der Waals surface area contributed by atoms with Gasteiger partial charge in [-0.25, -0.2) is 4.79 Å². The number of carbonyl (C=O) groups excluding carboxylic acids is 1. The fourth-order valence-electron chi connectivity index (χ4n) is 3.23. The first-order valence-corrected chi connectivity index (χ1v) is 8.97. The highest BCUT2D eigenvalue weighted by atomic mass is 16.6. The van der Waals surface area contributed by atoms with E-state index in [-0.39, 0.29) is 12.5 Å². The Labute approximate surface area is 155 Å². The number of ether oxygens (including phenoxy) is 1. The lowest BCUT2D eigenvalue weighted by molar-refractivity contribution is -0.00432. The van der Waals surface area contributed by atoms with Crippen molar-refractivity contribution in [3.05, 3.63) is 65.5 Å². The maximum absolute atomic E-state index is 11.3. The zero-order valence-corrected chi connectivity index (χ0v) is 15.5. The van der Waals surface area contributed by atoms with Gasteiger partial charge in [0, 0.05) is 24.4 Å². The van der Waals surface area contributed by atoms with Gasteiger partial charge in [-0.2, -0.15) is 0 Å². The highest BCUT2D eigenvalue weighted by molar-refractivity contribution is 5.65. The molecule has 0 aliphatic carbocycles. The van der Waals surface area contributed by atoms with Crippen LogP contribution in [-0.4, -0.2) is 28.4 Å². The molecule has 0 aliphatic heterocycles. The molecule has 1 aromatic heterocycles. The molecule has 2 aromatic rings. The van der Waals surface area contributed by atoms with E-state index in [1.165, 1.54) is 0 Å². The van der Waals surface area contributed by atoms with Gasteiger partial charge in [-0.15, -0.1) is 0 Å². The van der Waals surface area contributed by atoms with Crippen LogP contribution >= 0.6 is 0 Å². The van der Waals surface area contributed by atoms with Crippen LogP contribution in [-0.2, 0) is 24.0 Å². The topological polar surface area (TPSA) is 85.4 Å². The van der Waals surface area contributed by atoms with E-state index in [4.69, 9.17) is 15.6 Å². The second-order valence-corrected chi connectivity index (χ2v) is 7.08. The Morgan fingerprint density at radius 2 is 1.96 bits per heavy atom. The van der Waals surface area contributed by atoms with Gasteiger partial charge < -0.3 is 15.6 Å². The standard InChI is InChI=1S/C21H28N2O3/c1-21(2,26-20(22)25)18(9-10-19-8-3-4-12-23-19)15-17-7-5-6-16(14-17)11-13-24/h3-8,12,14,18,24H,9-11,13,15H2,1-2H3,(H2,22,25). The Morgan fingerprint density at radius 1 is 1.19 bits per heavy atom. The second-order valence-electron chi connectivity index (χ2n) is 7.08. The van der Waals surface area contributed by atoms with Crippen molar-refractivity contribution >= 4 is 6.09 Å². The van der Waals surface area contributed by atoms with Gasteiger partial charge in [0.1, 0.15) is 5.60 Å². The summed E-state index contributed by atoms with van der Waals surface area (Å²) >= 11 is 0. The third-order valence-corrected chi connectivity index (χ3v) is 4.70. The van der Waals surface area contributed by atoms with Crippen LogP contribution in [0.4, 0.5) is 4.79 Å². The summed E-state index contributed by atoms with van der Waals surface area (Å²) < 4.78 is 5.42. The molecule has 5 heteroatoms. The number of benzene rings is 1. The Bertz CT molecular complexity index is 701. The molecular formula is C21H28N2O3. The number of hydrogen-bond acceptors (Lipinski definition) is 4. The largest absolute Gasteiger partial charge is 0.443 e. The highest BCUT2D eigenvalue weighted by Gasteiger charge is 2.32. The smallest absolute Gasteiger partial charge is 0.405 e. The number of nitrogens with two attached hydrogens (primary N) is 1. The summed E-state index contributed by atoms with van der Waals surface area (Å²) in [6, 6.07) is 14.0. The third kappa shape index (κ3) is 6.15. The average molecular weight is 356 g/mol. The van der Waals surface area contributed by atoms with Gasteiger partial charge in [0.15, 0.2) is 0 Å². The number of primary amides is 1. The maximum atomic E-state index is 11.3. The molecule has 1 heterocycles. The molecule has 0 spiro atoms. The van der Waals surface area contributed by atoms with E-state index in [0.29, 0.717) is 6.42 Å². The van der Waals surface area contributed by atoms with Gasteiger partial charge in [-0.05, 0) is 62.8 Å². The quantitative estimate of drug-likeness (QED) is 0.722. The molecule has 1 amide bonds. The van der Waals surface area contributed by atoms with Crippen molar-refractivity contribution in [3.63, 3.8) is 0 Å². The molecule has 0 saturated heterocycles. The Morgan fingerprint density at radius 3 is 2.62 bits per heavy atom. The van der Waals surface area contributed by atoms with Crippen molar-refractivity contribution in [1.29, 1.82) is 0 Å². The number of amides is 1. The summed E-state index contributed by atoms with van der Waals surface area (Å²) in [7, 11) is 0. The van der Waals surface area contributed by atoms with Crippen LogP contribution in [0.2, 0.25) is 0 Å². The first-order valence-electron chi connectivity index (χ1n) is 8.97. The molecule has 2 rings (SSSR count). The normalized spacial score (nSPS) is 12.6. The number of aliphatic hydroxyl groups excluding tert-OH is 1. The van der Waals surface area contributed by atoms with E-state index in [1.54, 1.807) is 6.20 Å². The highest BCUT2D eigenvalue weighted by Crippen LogP contribution is 2.29. The van der Waals surface area contributed by atoms with Crippen LogP contribution in [0, 0.1) is 5.92 Å². The summed E-state index contributed by atoms with van der Waals surface area (Å²) in [5, 5.41) is 9.15. The molecule has 5 nitrogen and oxygen atoms in total. The molecule has 140 valence electrons. The van der Waals surface area contributed by atoms with Crippen molar-refractivity contribution in [2.45, 2.75) is 45.1 Å². The lowest BCUT2D eigenvalue weighted by Gasteiger charge is -2.33. The zero-order chi connectivity index (χ0) is 19.0. The zero-order valence-electron chi connectivity index (χ0n) is 15.5. The molecule has 3 N–H and O–H groups in total. The summed E-state index contributed by atoms with van der Waals surface area (Å²) in [4.78, 5) is 15.7. The van der Waals surface area contributed by atoms with E-state index in [9.17, 15) is 4.79 Å². The van der Waals surface area contributed by atoms with Gasteiger partial charge in [0.2, 0.25) is 0 Å². The number of aryl methyl sites for hydroxylation is 1. The van der Waals surface area contributed by atoms with Crippen molar-refractivity contribution in [1.82, 2.24) is 4.98 Å². The van der Waals surface area contributed by atoms with E-state index in [2.05, 4.69) is 17.1 Å². The molecule has 1 atom stereocenters. The van der Waals surface area contributed by atoms with Gasteiger partial charge in [0.05, 0.1) is 0 Å². The first kappa shape index (κ1) is 19.9. The van der Waals surface area contributed by atoms with Crippen molar-refractivity contribution < 1.29 is 14.6 Å². The minimum absolute atomic E-state index is 0.0846. The predicted octanol–water partition coefficient (Wildman–Crippen LogP) is 3.28. The second kappa shape index (κ2) is 9.34. The molecule has 26 heavy (non-hydrogen) atoms. The molecule has 1 unspecified atom stereocenters. The summed E-state index contributed by atoms with van der Waals surface area (Å²) in [6.07, 6.45) is 4.04. The number of aromatic nitrogens is 1. The van der Waals surface area contributed by atoms with Crippen LogP contribution in [0.5, 0.6) is 0 Å². The van der Waals surface area contributed by atoms with Crippen molar-refractivity contribution in [3.8, 4) is 0 Å². The first-order chi connectivity index (χ1) is 12.4. The van der Waals surface area contributed by atoms with Crippen LogP contribution in [0.1, 0.15) is 37.1 Å². The monoisotopic (exact) mass is 356 g/mol. The van der Waals surface area contributed by atoms with E-state index in [0.717, 1.165) is 36.1 Å². The van der Waals surface area contributed by atoms with Gasteiger partial charge in [-0.3, -0.25) is 4.98 Å². The molecule has 0 aliphatic rings.